The van der Waals surface area contributed by atoms with E-state index in [0.29, 0.717) is 18.5 Å². The molecule has 1 aromatic carbocycles. The lowest BCUT2D eigenvalue weighted by atomic mass is 10.4. The molecule has 0 atom stereocenters. The van der Waals surface area contributed by atoms with Crippen LogP contribution in [-0.2, 0) is 12.3 Å². The van der Waals surface area contributed by atoms with E-state index in [0.717, 1.165) is 11.6 Å². The van der Waals surface area contributed by atoms with Crippen LogP contribution < -0.4 is 5.32 Å². The van der Waals surface area contributed by atoms with Gasteiger partial charge in [-0.05, 0) is 25.0 Å². The highest BCUT2D eigenvalue weighted by atomic mass is 32.2. The highest BCUT2D eigenvalue weighted by Crippen LogP contribution is 2.22. The van der Waals surface area contributed by atoms with Gasteiger partial charge in [0.25, 0.3) is 0 Å². The first-order chi connectivity index (χ1) is 8.90. The largest absolute Gasteiger partial charge is 0.338 e. The highest BCUT2D eigenvalue weighted by Gasteiger charge is 2.20. The van der Waals surface area contributed by atoms with Gasteiger partial charge in [0, 0.05) is 10.9 Å². The van der Waals surface area contributed by atoms with Crippen molar-refractivity contribution in [1.29, 1.82) is 0 Å². The maximum Gasteiger partial charge on any atom is 0.237 e. The van der Waals surface area contributed by atoms with E-state index in [1.165, 1.54) is 17.7 Å². The van der Waals surface area contributed by atoms with Crippen LogP contribution >= 0.6 is 11.8 Å². The van der Waals surface area contributed by atoms with Gasteiger partial charge in [-0.3, -0.25) is 0 Å². The molecule has 1 heterocycles. The molecule has 3 rings (SSSR count). The molecule has 5 heteroatoms. The Labute approximate surface area is 110 Å². The van der Waals surface area contributed by atoms with Gasteiger partial charge in [-0.2, -0.15) is 4.98 Å². The maximum absolute atomic E-state index is 5.22. The molecule has 0 amide bonds. The third-order valence-corrected chi connectivity index (χ3v) is 3.74. The Kier molecular flexibility index (Phi) is 3.61. The third-order valence-electron chi connectivity index (χ3n) is 2.74. The zero-order valence-electron chi connectivity index (χ0n) is 10.0. The Morgan fingerprint density at radius 3 is 2.89 bits per heavy atom. The van der Waals surface area contributed by atoms with E-state index in [4.69, 9.17) is 4.52 Å². The van der Waals surface area contributed by atoms with Crippen LogP contribution in [0.15, 0.2) is 39.8 Å². The summed E-state index contributed by atoms with van der Waals surface area (Å²) in [6.45, 7) is 0.712. The van der Waals surface area contributed by atoms with Crippen LogP contribution in [0.3, 0.4) is 0 Å². The lowest BCUT2D eigenvalue weighted by molar-refractivity contribution is 0.383. The number of hydrogen-bond acceptors (Lipinski definition) is 5. The summed E-state index contributed by atoms with van der Waals surface area (Å²) in [5.41, 5.74) is 0. The van der Waals surface area contributed by atoms with Crippen molar-refractivity contribution in [2.24, 2.45) is 0 Å². The Morgan fingerprint density at radius 1 is 1.28 bits per heavy atom. The molecule has 1 aromatic heterocycles. The number of nitrogens with one attached hydrogen (secondary N) is 1. The molecule has 0 radical (unpaired) electrons. The minimum absolute atomic E-state index is 0.672. The van der Waals surface area contributed by atoms with Gasteiger partial charge in [0.15, 0.2) is 5.82 Å². The minimum atomic E-state index is 0.672. The molecular formula is C13H15N3OS. The van der Waals surface area contributed by atoms with Crippen molar-refractivity contribution < 1.29 is 4.52 Å². The van der Waals surface area contributed by atoms with E-state index >= 15 is 0 Å². The molecule has 0 saturated heterocycles. The van der Waals surface area contributed by atoms with E-state index in [9.17, 15) is 0 Å². The van der Waals surface area contributed by atoms with Crippen LogP contribution in [0.1, 0.15) is 24.6 Å². The van der Waals surface area contributed by atoms with Crippen molar-refractivity contribution in [3.63, 3.8) is 0 Å². The first-order valence-electron chi connectivity index (χ1n) is 6.13. The predicted molar refractivity (Wildman–Crippen MR) is 70.2 cm³/mol. The van der Waals surface area contributed by atoms with E-state index in [-0.39, 0.29) is 0 Å². The van der Waals surface area contributed by atoms with Gasteiger partial charge < -0.3 is 9.84 Å². The molecule has 0 unspecified atom stereocenters. The van der Waals surface area contributed by atoms with Gasteiger partial charge in [-0.25, -0.2) is 0 Å². The molecule has 0 spiro atoms. The topological polar surface area (TPSA) is 51.0 Å². The van der Waals surface area contributed by atoms with Gasteiger partial charge in [0.2, 0.25) is 5.89 Å². The zero-order valence-corrected chi connectivity index (χ0v) is 10.8. The van der Waals surface area contributed by atoms with Crippen molar-refractivity contribution in [3.8, 4) is 0 Å². The molecular weight excluding hydrogens is 246 g/mol. The molecule has 0 bridgehead atoms. The summed E-state index contributed by atoms with van der Waals surface area (Å²) in [6, 6.07) is 10.9. The van der Waals surface area contributed by atoms with Gasteiger partial charge in [0.1, 0.15) is 0 Å². The summed E-state index contributed by atoms with van der Waals surface area (Å²) >= 11 is 1.71. The van der Waals surface area contributed by atoms with Crippen LogP contribution in [0.2, 0.25) is 0 Å². The Balaban J connectivity index is 1.50. The fraction of sp³-hybridized carbons (Fsp3) is 0.385. The average molecular weight is 261 g/mol. The van der Waals surface area contributed by atoms with Crippen molar-refractivity contribution in [2.45, 2.75) is 36.1 Å². The van der Waals surface area contributed by atoms with E-state index < -0.39 is 0 Å². The molecule has 1 saturated carbocycles. The predicted octanol–water partition coefficient (Wildman–Crippen LogP) is 2.61. The molecule has 1 aliphatic carbocycles. The number of benzene rings is 1. The Morgan fingerprint density at radius 2 is 2.11 bits per heavy atom. The first-order valence-corrected chi connectivity index (χ1v) is 7.11. The van der Waals surface area contributed by atoms with Crippen LogP contribution in [0.25, 0.3) is 0 Å². The lowest BCUT2D eigenvalue weighted by Gasteiger charge is -1.96. The van der Waals surface area contributed by atoms with E-state index in [1.807, 2.05) is 18.2 Å². The second-order valence-electron chi connectivity index (χ2n) is 4.36. The molecule has 4 nitrogen and oxygen atoms in total. The number of nitrogens with zero attached hydrogens (tertiary/aromatic N) is 2. The summed E-state index contributed by atoms with van der Waals surface area (Å²) in [6.07, 6.45) is 2.54. The number of rotatable bonds is 6. The fourth-order valence-corrected chi connectivity index (χ4v) is 2.36. The Hall–Kier alpha value is -1.33. The van der Waals surface area contributed by atoms with Crippen LogP contribution in [-0.4, -0.2) is 16.2 Å². The zero-order chi connectivity index (χ0) is 12.2. The standard InChI is InChI=1S/C13H15N3OS/c1-2-4-11(5-3-1)18-9-13-15-12(16-17-13)8-14-10-6-7-10/h1-5,10,14H,6-9H2. The van der Waals surface area contributed by atoms with Crippen molar-refractivity contribution >= 4 is 11.8 Å². The number of aromatic nitrogens is 2. The molecule has 1 aliphatic rings. The molecule has 0 aliphatic heterocycles. The summed E-state index contributed by atoms with van der Waals surface area (Å²) in [4.78, 5) is 5.58. The second-order valence-corrected chi connectivity index (χ2v) is 5.41. The molecule has 18 heavy (non-hydrogen) atoms. The monoisotopic (exact) mass is 261 g/mol. The third kappa shape index (κ3) is 3.34. The Bertz CT molecular complexity index is 496. The van der Waals surface area contributed by atoms with Crippen molar-refractivity contribution in [1.82, 2.24) is 15.5 Å². The van der Waals surface area contributed by atoms with Gasteiger partial charge >= 0.3 is 0 Å². The van der Waals surface area contributed by atoms with Crippen LogP contribution in [0.5, 0.6) is 0 Å². The van der Waals surface area contributed by atoms with Crippen LogP contribution in [0.4, 0.5) is 0 Å². The van der Waals surface area contributed by atoms with Gasteiger partial charge in [-0.1, -0.05) is 23.4 Å². The SMILES string of the molecule is c1ccc(SCc2nc(CNC3CC3)no2)cc1. The van der Waals surface area contributed by atoms with Crippen LogP contribution in [0, 0.1) is 0 Å². The number of hydrogen-bond donors (Lipinski definition) is 1. The number of thioether (sulfide) groups is 1. The molecule has 1 N–H and O–H groups in total. The molecule has 2 aromatic rings. The van der Waals surface area contributed by atoms with Crippen molar-refractivity contribution in [3.05, 3.63) is 42.0 Å². The quantitative estimate of drug-likeness (QED) is 0.810. The summed E-state index contributed by atoms with van der Waals surface area (Å²) in [7, 11) is 0. The molecule has 94 valence electrons. The summed E-state index contributed by atoms with van der Waals surface area (Å²) < 4.78 is 5.22. The lowest BCUT2D eigenvalue weighted by Crippen LogP contribution is -2.16. The highest BCUT2D eigenvalue weighted by molar-refractivity contribution is 7.98. The van der Waals surface area contributed by atoms with Gasteiger partial charge in [0.05, 0.1) is 12.3 Å². The second kappa shape index (κ2) is 5.54. The summed E-state index contributed by atoms with van der Waals surface area (Å²) in [5, 5.41) is 7.33. The van der Waals surface area contributed by atoms with Crippen molar-refractivity contribution in [2.75, 3.05) is 0 Å². The minimum Gasteiger partial charge on any atom is -0.338 e. The first kappa shape index (κ1) is 11.7. The summed E-state index contributed by atoms with van der Waals surface area (Å²) in [5.74, 6) is 2.17. The fourth-order valence-electron chi connectivity index (χ4n) is 1.61. The maximum atomic E-state index is 5.22. The average Bonchev–Trinajstić information content (AvgIpc) is 3.14. The normalized spacial score (nSPS) is 14.9. The molecule has 1 fully saturated rings. The van der Waals surface area contributed by atoms with E-state index in [1.54, 1.807) is 11.8 Å². The van der Waals surface area contributed by atoms with E-state index in [2.05, 4.69) is 27.6 Å². The smallest absolute Gasteiger partial charge is 0.237 e. The van der Waals surface area contributed by atoms with Gasteiger partial charge in [-0.15, -0.1) is 11.8 Å².